The molecule has 0 unspecified atom stereocenters. The van der Waals surface area contributed by atoms with Crippen molar-refractivity contribution in [1.29, 1.82) is 0 Å². The number of fused-ring (bicyclic) bond motifs is 1. The summed E-state index contributed by atoms with van der Waals surface area (Å²) in [6, 6.07) is 14.7. The summed E-state index contributed by atoms with van der Waals surface area (Å²) in [5, 5.41) is 6.86. The van der Waals surface area contributed by atoms with Gasteiger partial charge in [-0.05, 0) is 68.7 Å². The summed E-state index contributed by atoms with van der Waals surface area (Å²) in [5.74, 6) is 0.855. The zero-order chi connectivity index (χ0) is 13.9. The van der Waals surface area contributed by atoms with Crippen LogP contribution in [0.1, 0.15) is 5.56 Å². The Morgan fingerprint density at radius 1 is 1.15 bits per heavy atom. The monoisotopic (exact) mass is 347 g/mol. The highest BCUT2D eigenvalue weighted by molar-refractivity contribution is 9.10. The molecule has 4 heteroatoms. The molecule has 0 aliphatic rings. The molecule has 0 bridgehead atoms. The Kier molecular flexibility index (Phi) is 3.94. The average molecular weight is 348 g/mol. The SMILES string of the molecule is COc1ccc(CNc2ccc3sccc3c2)cc1Br. The van der Waals surface area contributed by atoms with Crippen molar-refractivity contribution in [2.75, 3.05) is 12.4 Å². The average Bonchev–Trinajstić information content (AvgIpc) is 2.92. The fourth-order valence-electron chi connectivity index (χ4n) is 2.10. The van der Waals surface area contributed by atoms with Crippen LogP contribution in [-0.4, -0.2) is 7.11 Å². The highest BCUT2D eigenvalue weighted by Gasteiger charge is 2.02. The van der Waals surface area contributed by atoms with Crippen LogP contribution in [0.4, 0.5) is 5.69 Å². The second-order valence-corrected chi connectivity index (χ2v) is 6.30. The molecule has 0 fully saturated rings. The van der Waals surface area contributed by atoms with Gasteiger partial charge in [-0.25, -0.2) is 0 Å². The van der Waals surface area contributed by atoms with E-state index in [-0.39, 0.29) is 0 Å². The van der Waals surface area contributed by atoms with Gasteiger partial charge in [-0.15, -0.1) is 11.3 Å². The molecule has 1 heterocycles. The number of halogens is 1. The van der Waals surface area contributed by atoms with Gasteiger partial charge >= 0.3 is 0 Å². The van der Waals surface area contributed by atoms with Gasteiger partial charge in [0.1, 0.15) is 5.75 Å². The van der Waals surface area contributed by atoms with Crippen LogP contribution in [0.2, 0.25) is 0 Å². The Labute approximate surface area is 130 Å². The predicted octanol–water partition coefficient (Wildman–Crippen LogP) is 5.28. The molecular formula is C16H14BrNOS. The molecular weight excluding hydrogens is 334 g/mol. The minimum atomic E-state index is 0.790. The van der Waals surface area contributed by atoms with Crippen molar-refractivity contribution in [3.8, 4) is 5.75 Å². The lowest BCUT2D eigenvalue weighted by atomic mass is 10.2. The zero-order valence-corrected chi connectivity index (χ0v) is 13.4. The van der Waals surface area contributed by atoms with E-state index in [1.807, 2.05) is 6.07 Å². The third-order valence-corrected chi connectivity index (χ3v) is 4.68. The summed E-state index contributed by atoms with van der Waals surface area (Å²) in [6.45, 7) is 0.790. The lowest BCUT2D eigenvalue weighted by Gasteiger charge is -2.09. The molecule has 1 aromatic heterocycles. The van der Waals surface area contributed by atoms with Gasteiger partial charge in [0.25, 0.3) is 0 Å². The van der Waals surface area contributed by atoms with Crippen LogP contribution >= 0.6 is 27.3 Å². The number of thiophene rings is 1. The highest BCUT2D eigenvalue weighted by Crippen LogP contribution is 2.27. The first-order valence-electron chi connectivity index (χ1n) is 6.30. The van der Waals surface area contributed by atoms with E-state index in [0.717, 1.165) is 22.5 Å². The summed E-state index contributed by atoms with van der Waals surface area (Å²) < 4.78 is 7.54. The Balaban J connectivity index is 1.73. The quantitative estimate of drug-likeness (QED) is 0.692. The number of anilines is 1. The molecule has 0 spiro atoms. The van der Waals surface area contributed by atoms with Crippen molar-refractivity contribution in [1.82, 2.24) is 0 Å². The summed E-state index contributed by atoms with van der Waals surface area (Å²) >= 11 is 5.28. The molecule has 0 amide bonds. The fraction of sp³-hybridized carbons (Fsp3) is 0.125. The van der Waals surface area contributed by atoms with Crippen LogP contribution < -0.4 is 10.1 Å². The van der Waals surface area contributed by atoms with Crippen LogP contribution in [0.3, 0.4) is 0 Å². The van der Waals surface area contributed by atoms with Crippen molar-refractivity contribution in [2.45, 2.75) is 6.54 Å². The van der Waals surface area contributed by atoms with Gasteiger partial charge in [-0.3, -0.25) is 0 Å². The fourth-order valence-corrected chi connectivity index (χ4v) is 3.46. The molecule has 0 saturated heterocycles. The minimum Gasteiger partial charge on any atom is -0.496 e. The van der Waals surface area contributed by atoms with E-state index in [9.17, 15) is 0 Å². The van der Waals surface area contributed by atoms with Gasteiger partial charge in [0.2, 0.25) is 0 Å². The third-order valence-electron chi connectivity index (χ3n) is 3.17. The zero-order valence-electron chi connectivity index (χ0n) is 11.0. The largest absolute Gasteiger partial charge is 0.496 e. The molecule has 1 N–H and O–H groups in total. The number of nitrogens with one attached hydrogen (secondary N) is 1. The van der Waals surface area contributed by atoms with Crippen LogP contribution in [-0.2, 0) is 6.54 Å². The molecule has 0 saturated carbocycles. The molecule has 3 rings (SSSR count). The van der Waals surface area contributed by atoms with Crippen molar-refractivity contribution in [2.24, 2.45) is 0 Å². The first-order chi connectivity index (χ1) is 9.76. The number of benzene rings is 2. The molecule has 20 heavy (non-hydrogen) atoms. The lowest BCUT2D eigenvalue weighted by Crippen LogP contribution is -1.99. The Hall–Kier alpha value is -1.52. The van der Waals surface area contributed by atoms with Crippen molar-refractivity contribution < 1.29 is 4.74 Å². The minimum absolute atomic E-state index is 0.790. The second kappa shape index (κ2) is 5.85. The van der Waals surface area contributed by atoms with Gasteiger partial charge < -0.3 is 10.1 Å². The maximum atomic E-state index is 5.24. The molecule has 0 aliphatic heterocycles. The molecule has 0 radical (unpaired) electrons. The number of hydrogen-bond donors (Lipinski definition) is 1. The molecule has 102 valence electrons. The second-order valence-electron chi connectivity index (χ2n) is 4.50. The van der Waals surface area contributed by atoms with Crippen LogP contribution in [0.25, 0.3) is 10.1 Å². The summed E-state index contributed by atoms with van der Waals surface area (Å²) in [5.41, 5.74) is 2.35. The van der Waals surface area contributed by atoms with Crippen molar-refractivity contribution >= 4 is 43.0 Å². The standard InChI is InChI=1S/C16H14BrNOS/c1-19-15-4-2-11(8-14(15)17)10-18-13-3-5-16-12(9-13)6-7-20-16/h2-9,18H,10H2,1H3. The topological polar surface area (TPSA) is 21.3 Å². The predicted molar refractivity (Wildman–Crippen MR) is 89.8 cm³/mol. The van der Waals surface area contributed by atoms with E-state index in [4.69, 9.17) is 4.74 Å². The smallest absolute Gasteiger partial charge is 0.133 e. The van der Waals surface area contributed by atoms with Crippen LogP contribution in [0.5, 0.6) is 5.75 Å². The van der Waals surface area contributed by atoms with E-state index in [0.29, 0.717) is 0 Å². The van der Waals surface area contributed by atoms with E-state index < -0.39 is 0 Å². The lowest BCUT2D eigenvalue weighted by molar-refractivity contribution is 0.412. The molecule has 3 aromatic rings. The van der Waals surface area contributed by atoms with E-state index in [1.165, 1.54) is 15.6 Å². The van der Waals surface area contributed by atoms with Gasteiger partial charge in [0, 0.05) is 16.9 Å². The number of methoxy groups -OCH3 is 1. The molecule has 2 aromatic carbocycles. The summed E-state index contributed by atoms with van der Waals surface area (Å²) in [6.07, 6.45) is 0. The van der Waals surface area contributed by atoms with E-state index >= 15 is 0 Å². The van der Waals surface area contributed by atoms with E-state index in [2.05, 4.69) is 63.0 Å². The summed E-state index contributed by atoms with van der Waals surface area (Å²) in [7, 11) is 1.67. The summed E-state index contributed by atoms with van der Waals surface area (Å²) in [4.78, 5) is 0. The molecule has 0 atom stereocenters. The number of hydrogen-bond acceptors (Lipinski definition) is 3. The van der Waals surface area contributed by atoms with Gasteiger partial charge in [0.15, 0.2) is 0 Å². The normalized spacial score (nSPS) is 10.7. The van der Waals surface area contributed by atoms with Gasteiger partial charge in [0.05, 0.1) is 11.6 Å². The highest BCUT2D eigenvalue weighted by atomic mass is 79.9. The van der Waals surface area contributed by atoms with Crippen LogP contribution in [0.15, 0.2) is 52.3 Å². The molecule has 0 aliphatic carbocycles. The third kappa shape index (κ3) is 2.81. The Bertz CT molecular complexity index is 738. The maximum absolute atomic E-state index is 5.24. The van der Waals surface area contributed by atoms with Crippen molar-refractivity contribution in [3.63, 3.8) is 0 Å². The maximum Gasteiger partial charge on any atom is 0.133 e. The van der Waals surface area contributed by atoms with Crippen molar-refractivity contribution in [3.05, 3.63) is 57.9 Å². The van der Waals surface area contributed by atoms with E-state index in [1.54, 1.807) is 18.4 Å². The Morgan fingerprint density at radius 2 is 2.05 bits per heavy atom. The number of ether oxygens (including phenoxy) is 1. The first kappa shape index (κ1) is 13.5. The Morgan fingerprint density at radius 3 is 2.85 bits per heavy atom. The van der Waals surface area contributed by atoms with Gasteiger partial charge in [-0.2, -0.15) is 0 Å². The van der Waals surface area contributed by atoms with Gasteiger partial charge in [-0.1, -0.05) is 6.07 Å². The van der Waals surface area contributed by atoms with Crippen LogP contribution in [0, 0.1) is 0 Å². The first-order valence-corrected chi connectivity index (χ1v) is 7.97. The number of rotatable bonds is 4. The molecule has 2 nitrogen and oxygen atoms in total.